The zero-order chi connectivity index (χ0) is 8.69. The first-order chi connectivity index (χ1) is 5.13. The topological polar surface area (TPSA) is 43.4 Å². The normalized spacial score (nSPS) is 11.3. The van der Waals surface area contributed by atoms with Gasteiger partial charge in [-0.05, 0) is 12.3 Å². The fraction of sp³-hybridized carbons (Fsp3) is 0.857. The molecule has 67 valence electrons. The van der Waals surface area contributed by atoms with E-state index in [0.29, 0.717) is 12.3 Å². The van der Waals surface area contributed by atoms with Crippen LogP contribution in [0.25, 0.3) is 0 Å². The maximum absolute atomic E-state index is 9.88. The van der Waals surface area contributed by atoms with Crippen molar-refractivity contribution in [1.29, 1.82) is 0 Å². The molecule has 3 nitrogen and oxygen atoms in total. The van der Waals surface area contributed by atoms with Gasteiger partial charge in [0.05, 0.1) is 0 Å². The van der Waals surface area contributed by atoms with Crippen LogP contribution in [0.1, 0.15) is 33.1 Å². The quantitative estimate of drug-likeness (QED) is 0.496. The van der Waals surface area contributed by atoms with Gasteiger partial charge in [0.25, 0.3) is 11.0 Å². The Morgan fingerprint density at radius 3 is 2.55 bits per heavy atom. The highest BCUT2D eigenvalue weighted by Crippen LogP contribution is 2.07. The zero-order valence-corrected chi connectivity index (χ0v) is 7.84. The van der Waals surface area contributed by atoms with Crippen molar-refractivity contribution in [3.05, 3.63) is 6.61 Å². The minimum Gasteiger partial charge on any atom is -0.266 e. The van der Waals surface area contributed by atoms with Crippen LogP contribution < -0.4 is 0 Å². The third-order valence-electron chi connectivity index (χ3n) is 1.26. The van der Waals surface area contributed by atoms with E-state index in [1.807, 2.05) is 0 Å². The molecule has 0 aliphatic heterocycles. The second-order valence-electron chi connectivity index (χ2n) is 2.82. The minimum atomic E-state index is -2.69. The van der Waals surface area contributed by atoms with E-state index in [-0.39, 0.29) is 0 Å². The fourth-order valence-corrected chi connectivity index (χ4v) is 0.950. The predicted octanol–water partition coefficient (Wildman–Crippen LogP) is 1.52. The van der Waals surface area contributed by atoms with Crippen molar-refractivity contribution < 1.29 is 12.6 Å². The summed E-state index contributed by atoms with van der Waals surface area (Å²) in [4.78, 5) is 0. The predicted molar refractivity (Wildman–Crippen MR) is 44.4 cm³/mol. The van der Waals surface area contributed by atoms with Gasteiger partial charge in [-0.2, -0.15) is 0 Å². The van der Waals surface area contributed by atoms with Crippen molar-refractivity contribution in [2.24, 2.45) is 5.92 Å². The molecule has 0 saturated carbocycles. The molecular formula is C7H15O3S. The molecule has 0 unspecified atom stereocenters. The van der Waals surface area contributed by atoms with Crippen LogP contribution in [-0.2, 0) is 15.2 Å². The summed E-state index contributed by atoms with van der Waals surface area (Å²) in [6, 6.07) is 0. The molecule has 1 radical (unpaired) electrons. The second kappa shape index (κ2) is 6.61. The summed E-state index contributed by atoms with van der Waals surface area (Å²) in [5.74, 6) is 0.671. The number of hydrogen-bond acceptors (Lipinski definition) is 3. The second-order valence-corrected chi connectivity index (χ2v) is 3.48. The van der Waals surface area contributed by atoms with Crippen LogP contribution in [0, 0.1) is 12.5 Å². The molecule has 0 rings (SSSR count). The van der Waals surface area contributed by atoms with Crippen molar-refractivity contribution in [2.75, 3.05) is 0 Å². The van der Waals surface area contributed by atoms with E-state index < -0.39 is 11.0 Å². The van der Waals surface area contributed by atoms with Crippen molar-refractivity contribution in [3.63, 3.8) is 0 Å². The summed E-state index contributed by atoms with van der Waals surface area (Å²) in [5.41, 5.74) is 0. The third kappa shape index (κ3) is 9.91. The zero-order valence-electron chi connectivity index (χ0n) is 6.95. The van der Waals surface area contributed by atoms with E-state index in [1.54, 1.807) is 0 Å². The van der Waals surface area contributed by atoms with Crippen LogP contribution in [0.3, 0.4) is 0 Å². The molecule has 0 fully saturated rings. The molecule has 0 aromatic heterocycles. The van der Waals surface area contributed by atoms with Gasteiger partial charge in [0.2, 0.25) is 0 Å². The standard InChI is InChI=1S/C7H15O3S/c1-7(2)5-3-4-6-10-11(8)9/h6-7,11H,3-5H2,1-2H3. The summed E-state index contributed by atoms with van der Waals surface area (Å²) < 4.78 is 24.0. The monoisotopic (exact) mass is 179 g/mol. The average molecular weight is 179 g/mol. The lowest BCUT2D eigenvalue weighted by Crippen LogP contribution is -1.89. The Balaban J connectivity index is 3.03. The van der Waals surface area contributed by atoms with Gasteiger partial charge in [0.1, 0.15) is 6.61 Å². The first-order valence-electron chi connectivity index (χ1n) is 3.75. The lowest BCUT2D eigenvalue weighted by atomic mass is 10.1. The molecule has 0 heterocycles. The first kappa shape index (κ1) is 10.9. The van der Waals surface area contributed by atoms with Crippen molar-refractivity contribution in [3.8, 4) is 0 Å². The fourth-order valence-electron chi connectivity index (χ4n) is 0.723. The molecule has 11 heavy (non-hydrogen) atoms. The summed E-state index contributed by atoms with van der Waals surface area (Å²) in [5, 5.41) is 0. The molecule has 0 aromatic rings. The van der Waals surface area contributed by atoms with Crippen LogP contribution in [-0.4, -0.2) is 8.42 Å². The minimum absolute atomic E-state index is 0.671. The molecule has 0 atom stereocenters. The Morgan fingerprint density at radius 2 is 2.09 bits per heavy atom. The maximum Gasteiger partial charge on any atom is 0.257 e. The van der Waals surface area contributed by atoms with Crippen LogP contribution in [0.5, 0.6) is 0 Å². The van der Waals surface area contributed by atoms with Gasteiger partial charge < -0.3 is 0 Å². The van der Waals surface area contributed by atoms with Crippen molar-refractivity contribution >= 4 is 11.0 Å². The molecule has 0 aliphatic carbocycles. The Kier molecular flexibility index (Phi) is 6.56. The first-order valence-corrected chi connectivity index (χ1v) is 4.85. The van der Waals surface area contributed by atoms with E-state index in [0.717, 1.165) is 12.8 Å². The lowest BCUT2D eigenvalue weighted by molar-refractivity contribution is 0.387. The van der Waals surface area contributed by atoms with E-state index in [9.17, 15) is 8.42 Å². The molecular weight excluding hydrogens is 164 g/mol. The largest absolute Gasteiger partial charge is 0.266 e. The van der Waals surface area contributed by atoms with Gasteiger partial charge in [-0.1, -0.05) is 26.7 Å². The van der Waals surface area contributed by atoms with Crippen LogP contribution in [0.4, 0.5) is 0 Å². The number of hydrogen-bond donors (Lipinski definition) is 1. The summed E-state index contributed by atoms with van der Waals surface area (Å²) in [7, 11) is -2.69. The van der Waals surface area contributed by atoms with Gasteiger partial charge >= 0.3 is 0 Å². The highest BCUT2D eigenvalue weighted by atomic mass is 32.2. The number of unbranched alkanes of at least 4 members (excludes halogenated alkanes) is 1. The molecule has 0 aromatic carbocycles. The van der Waals surface area contributed by atoms with Crippen molar-refractivity contribution in [1.82, 2.24) is 0 Å². The Bertz CT molecular complexity index is 144. The summed E-state index contributed by atoms with van der Waals surface area (Å²) in [6.45, 7) is 5.61. The molecule has 0 saturated heterocycles. The average Bonchev–Trinajstić information content (AvgIpc) is 1.85. The van der Waals surface area contributed by atoms with E-state index in [2.05, 4.69) is 18.0 Å². The van der Waals surface area contributed by atoms with E-state index in [1.165, 1.54) is 6.61 Å². The van der Waals surface area contributed by atoms with E-state index >= 15 is 0 Å². The molecule has 0 amide bonds. The third-order valence-corrected chi connectivity index (χ3v) is 1.59. The highest BCUT2D eigenvalue weighted by Gasteiger charge is 1.94. The number of rotatable bonds is 6. The van der Waals surface area contributed by atoms with Gasteiger partial charge in [0, 0.05) is 0 Å². The van der Waals surface area contributed by atoms with Crippen LogP contribution >= 0.6 is 0 Å². The maximum atomic E-state index is 9.88. The van der Waals surface area contributed by atoms with Gasteiger partial charge in [-0.15, -0.1) is 0 Å². The van der Waals surface area contributed by atoms with Gasteiger partial charge in [-0.3, -0.25) is 4.18 Å². The van der Waals surface area contributed by atoms with Crippen molar-refractivity contribution in [2.45, 2.75) is 33.1 Å². The summed E-state index contributed by atoms with van der Waals surface area (Å²) >= 11 is 0. The molecule has 0 N–H and O–H groups in total. The van der Waals surface area contributed by atoms with Gasteiger partial charge in [0.15, 0.2) is 0 Å². The molecule has 0 aliphatic rings. The smallest absolute Gasteiger partial charge is 0.257 e. The Labute approximate surface area is 69.9 Å². The summed E-state index contributed by atoms with van der Waals surface area (Å²) in [6.07, 6.45) is 2.80. The van der Waals surface area contributed by atoms with Crippen LogP contribution in [0.15, 0.2) is 0 Å². The molecule has 0 spiro atoms. The SMILES string of the molecule is CC(C)CCC[CH]O[SH](=O)=O. The van der Waals surface area contributed by atoms with E-state index in [4.69, 9.17) is 0 Å². The molecule has 4 heteroatoms. The van der Waals surface area contributed by atoms with Crippen LogP contribution in [0.2, 0.25) is 0 Å². The lowest BCUT2D eigenvalue weighted by Gasteiger charge is -2.01. The highest BCUT2D eigenvalue weighted by molar-refractivity contribution is 7.67. The molecule has 0 bridgehead atoms. The Morgan fingerprint density at radius 1 is 1.45 bits per heavy atom. The Hall–Kier alpha value is -0.0900. The van der Waals surface area contributed by atoms with Gasteiger partial charge in [-0.25, -0.2) is 8.42 Å². The number of thiol groups is 1.